The van der Waals surface area contributed by atoms with E-state index in [1.807, 2.05) is 0 Å². The second-order valence-corrected chi connectivity index (χ2v) is 0. The molecule has 0 aromatic rings. The van der Waals surface area contributed by atoms with Gasteiger partial charge in [-0.2, -0.15) is 0 Å². The van der Waals surface area contributed by atoms with Gasteiger partial charge in [-0.15, -0.1) is 0 Å². The summed E-state index contributed by atoms with van der Waals surface area (Å²) < 4.78 is 0. The van der Waals surface area contributed by atoms with Gasteiger partial charge in [0.25, 0.3) is 0 Å². The van der Waals surface area contributed by atoms with Crippen LogP contribution in [-0.4, -0.2) is 0 Å². The molecule has 0 unspecified atom stereocenters. The molecule has 0 spiro atoms. The van der Waals surface area contributed by atoms with Gasteiger partial charge in [-0.3, -0.25) is 0 Å². The molecule has 0 saturated carbocycles. The second kappa shape index (κ2) is 20.3. The summed E-state index contributed by atoms with van der Waals surface area (Å²) in [7, 11) is 0. The Morgan fingerprint density at radius 3 is 0.500 bits per heavy atom. The van der Waals surface area contributed by atoms with Gasteiger partial charge in [0, 0.05) is 0 Å². The molecular formula is S2Zn2. The summed E-state index contributed by atoms with van der Waals surface area (Å²) in [6, 6.07) is 0. The summed E-state index contributed by atoms with van der Waals surface area (Å²) in [5.41, 5.74) is 0. The predicted molar refractivity (Wildman–Crippen MR) is 14.7 cm³/mol. The van der Waals surface area contributed by atoms with Crippen molar-refractivity contribution in [2.75, 3.05) is 0 Å². The van der Waals surface area contributed by atoms with Crippen LogP contribution >= 0.6 is 0 Å². The quantitative estimate of drug-likeness (QED) is 0.477. The molecule has 4 heteroatoms. The van der Waals surface area contributed by atoms with Gasteiger partial charge in [0.05, 0.1) is 0 Å². The van der Waals surface area contributed by atoms with Crippen LogP contribution in [0.15, 0.2) is 0 Å². The summed E-state index contributed by atoms with van der Waals surface area (Å²) in [4.78, 5) is 0. The molecule has 0 aliphatic rings. The Hall–Kier alpha value is 1.95. The molecule has 0 amide bonds. The Kier molecular flexibility index (Phi) is 195. The number of rotatable bonds is 0. The first-order valence-corrected chi connectivity index (χ1v) is 0. The van der Waals surface area contributed by atoms with E-state index in [1.54, 1.807) is 0 Å². The van der Waals surface area contributed by atoms with Gasteiger partial charge in [0.2, 0.25) is 0 Å². The topological polar surface area (TPSA) is 0 Å². The van der Waals surface area contributed by atoms with Gasteiger partial charge in [0.15, 0.2) is 0 Å². The standard InChI is InChI=1S/2S.2Zn/q2*-2;2*+2. The Labute approximate surface area is 65.5 Å². The zero-order valence-corrected chi connectivity index (χ0v) is 9.80. The average molecular weight is 195 g/mol. The maximum atomic E-state index is 0. The van der Waals surface area contributed by atoms with Gasteiger partial charge in [0.1, 0.15) is 0 Å². The average Bonchev–Trinajstić information content (AvgIpc) is 0. The van der Waals surface area contributed by atoms with Crippen molar-refractivity contribution in [2.24, 2.45) is 0 Å². The van der Waals surface area contributed by atoms with Gasteiger partial charge in [-0.1, -0.05) is 0 Å². The molecule has 0 saturated heterocycles. The van der Waals surface area contributed by atoms with Crippen LogP contribution in [0.4, 0.5) is 0 Å². The van der Waals surface area contributed by atoms with E-state index >= 15 is 0 Å². The first kappa shape index (κ1) is 38.4. The molecule has 0 aromatic heterocycles. The number of hydrogen-bond donors (Lipinski definition) is 0. The molecule has 4 heavy (non-hydrogen) atoms. The van der Waals surface area contributed by atoms with Crippen LogP contribution in [0.2, 0.25) is 0 Å². The third-order valence-corrected chi connectivity index (χ3v) is 0. The molecule has 0 rings (SSSR count). The SMILES string of the molecule is [S-2].[S-2].[Zn+2].[Zn+2]. The van der Waals surface area contributed by atoms with Crippen LogP contribution in [-0.2, 0) is 65.9 Å². The van der Waals surface area contributed by atoms with Crippen LogP contribution in [0.25, 0.3) is 0 Å². The van der Waals surface area contributed by atoms with E-state index in [0.29, 0.717) is 0 Å². The van der Waals surface area contributed by atoms with Crippen molar-refractivity contribution in [2.45, 2.75) is 0 Å². The molecule has 0 fully saturated rings. The Balaban J connectivity index is 0. The minimum atomic E-state index is 0. The molecule has 0 aliphatic heterocycles. The molecule has 0 aromatic carbocycles. The monoisotopic (exact) mass is 192 g/mol. The van der Waals surface area contributed by atoms with Crippen LogP contribution < -0.4 is 0 Å². The summed E-state index contributed by atoms with van der Waals surface area (Å²) in [5.74, 6) is 0. The first-order chi connectivity index (χ1) is 0. The van der Waals surface area contributed by atoms with E-state index in [-0.39, 0.29) is 65.9 Å². The van der Waals surface area contributed by atoms with Gasteiger partial charge >= 0.3 is 39.0 Å². The summed E-state index contributed by atoms with van der Waals surface area (Å²) in [6.45, 7) is 0. The molecule has 0 bridgehead atoms. The minimum absolute atomic E-state index is 0. The van der Waals surface area contributed by atoms with E-state index in [0.717, 1.165) is 0 Å². The van der Waals surface area contributed by atoms with Crippen LogP contribution in [0.3, 0.4) is 0 Å². The van der Waals surface area contributed by atoms with Crippen LogP contribution in [0.1, 0.15) is 0 Å². The van der Waals surface area contributed by atoms with E-state index in [2.05, 4.69) is 0 Å². The molecule has 16 valence electrons. The molecule has 0 heterocycles. The van der Waals surface area contributed by atoms with Crippen molar-refractivity contribution in [1.29, 1.82) is 0 Å². The number of hydrogen-bond acceptors (Lipinski definition) is 0. The Bertz CT molecular complexity index is 4.00. The zero-order chi connectivity index (χ0) is 0. The summed E-state index contributed by atoms with van der Waals surface area (Å²) in [5, 5.41) is 0. The fraction of sp³-hybridized carbons (Fsp3) is 0. The van der Waals surface area contributed by atoms with E-state index in [1.165, 1.54) is 0 Å². The van der Waals surface area contributed by atoms with Crippen molar-refractivity contribution in [3.8, 4) is 0 Å². The smallest absolute Gasteiger partial charge is 2.00 e. The normalized spacial score (nSPS) is 0. The Morgan fingerprint density at radius 1 is 0.500 bits per heavy atom. The fourth-order valence-corrected chi connectivity index (χ4v) is 0. The zero-order valence-electron chi connectivity index (χ0n) is 2.23. The van der Waals surface area contributed by atoms with Gasteiger partial charge in [-0.05, 0) is 0 Å². The van der Waals surface area contributed by atoms with E-state index < -0.39 is 0 Å². The third kappa shape index (κ3) is 9.04. The molecule has 0 nitrogen and oxygen atoms in total. The molecular weight excluding hydrogens is 195 g/mol. The van der Waals surface area contributed by atoms with Gasteiger partial charge < -0.3 is 27.0 Å². The maximum absolute atomic E-state index is 0. The van der Waals surface area contributed by atoms with Crippen molar-refractivity contribution in [3.05, 3.63) is 0 Å². The predicted octanol–water partition coefficient (Wildman–Crippen LogP) is -0.00980. The summed E-state index contributed by atoms with van der Waals surface area (Å²) >= 11 is 0. The van der Waals surface area contributed by atoms with Crippen molar-refractivity contribution < 1.29 is 39.0 Å². The molecule has 0 N–H and O–H groups in total. The second-order valence-electron chi connectivity index (χ2n) is 0. The van der Waals surface area contributed by atoms with E-state index in [9.17, 15) is 0 Å². The molecule has 0 atom stereocenters. The first-order valence-electron chi connectivity index (χ1n) is 0. The van der Waals surface area contributed by atoms with Crippen molar-refractivity contribution in [3.63, 3.8) is 0 Å². The van der Waals surface area contributed by atoms with Crippen LogP contribution in [0, 0.1) is 0 Å². The van der Waals surface area contributed by atoms with E-state index in [4.69, 9.17) is 0 Å². The minimum Gasteiger partial charge on any atom is -2.00 e. The van der Waals surface area contributed by atoms with Crippen LogP contribution in [0.5, 0.6) is 0 Å². The molecule has 0 aliphatic carbocycles. The largest absolute Gasteiger partial charge is 2.00 e. The maximum Gasteiger partial charge on any atom is 2.00 e. The van der Waals surface area contributed by atoms with Crippen molar-refractivity contribution >= 4 is 27.0 Å². The Morgan fingerprint density at radius 2 is 0.500 bits per heavy atom. The van der Waals surface area contributed by atoms with Crippen molar-refractivity contribution in [1.82, 2.24) is 0 Å². The molecule has 0 radical (unpaired) electrons. The summed E-state index contributed by atoms with van der Waals surface area (Å²) in [6.07, 6.45) is 0. The van der Waals surface area contributed by atoms with Gasteiger partial charge in [-0.25, -0.2) is 0 Å². The third-order valence-electron chi connectivity index (χ3n) is 0. The fourth-order valence-electron chi connectivity index (χ4n) is 0.